The quantitative estimate of drug-likeness (QED) is 0.509. The van der Waals surface area contributed by atoms with E-state index >= 15 is 0 Å². The number of halogens is 1. The highest BCUT2D eigenvalue weighted by Gasteiger charge is 2.24. The lowest BCUT2D eigenvalue weighted by Crippen LogP contribution is -2.26. The number of phenols is 1. The molecule has 28 heavy (non-hydrogen) atoms. The van der Waals surface area contributed by atoms with Gasteiger partial charge < -0.3 is 10.2 Å². The van der Waals surface area contributed by atoms with Gasteiger partial charge in [-0.3, -0.25) is 9.10 Å². The third kappa shape index (κ3) is 3.96. The molecule has 0 fully saturated rings. The minimum Gasteiger partial charge on any atom is -0.506 e. The highest BCUT2D eigenvalue weighted by molar-refractivity contribution is 9.10. The van der Waals surface area contributed by atoms with Crippen molar-refractivity contribution in [3.8, 4) is 5.75 Å². The van der Waals surface area contributed by atoms with Gasteiger partial charge in [0, 0.05) is 22.3 Å². The number of aliphatic carboxylic acids is 1. The van der Waals surface area contributed by atoms with Crippen LogP contribution in [0, 0.1) is 0 Å². The molecule has 0 aliphatic rings. The van der Waals surface area contributed by atoms with E-state index in [1.807, 2.05) is 0 Å². The van der Waals surface area contributed by atoms with Gasteiger partial charge in [-0.1, -0.05) is 40.2 Å². The molecule has 0 radical (unpaired) electrons. The summed E-state index contributed by atoms with van der Waals surface area (Å²) >= 11 is 4.22. The summed E-state index contributed by atoms with van der Waals surface area (Å²) in [4.78, 5) is 11.3. The van der Waals surface area contributed by atoms with Crippen LogP contribution in [0.5, 0.6) is 5.75 Å². The SMILES string of the molecule is CN(c1cc(SCC(=O)O)c(O)c2ccccc12)S(=O)(=O)c1ccc(Br)cc1. The lowest BCUT2D eigenvalue weighted by molar-refractivity contribution is -0.133. The molecular formula is C19H16BrNO5S2. The van der Waals surface area contributed by atoms with Crippen LogP contribution in [0.3, 0.4) is 0 Å². The van der Waals surface area contributed by atoms with Gasteiger partial charge in [-0.15, -0.1) is 11.8 Å². The van der Waals surface area contributed by atoms with Gasteiger partial charge in [0.15, 0.2) is 0 Å². The first-order valence-electron chi connectivity index (χ1n) is 8.05. The lowest BCUT2D eigenvalue weighted by Gasteiger charge is -2.23. The van der Waals surface area contributed by atoms with Gasteiger partial charge in [0.1, 0.15) is 5.75 Å². The molecule has 9 heteroatoms. The normalized spacial score (nSPS) is 11.5. The second-order valence-corrected chi connectivity index (χ2v) is 9.80. The van der Waals surface area contributed by atoms with Gasteiger partial charge in [0.25, 0.3) is 10.0 Å². The average molecular weight is 482 g/mol. The predicted molar refractivity (Wildman–Crippen MR) is 114 cm³/mol. The first kappa shape index (κ1) is 20.5. The molecule has 0 unspecified atom stereocenters. The van der Waals surface area contributed by atoms with Crippen molar-refractivity contribution in [1.29, 1.82) is 0 Å². The molecule has 0 saturated carbocycles. The summed E-state index contributed by atoms with van der Waals surface area (Å²) in [6, 6.07) is 14.6. The van der Waals surface area contributed by atoms with Crippen molar-refractivity contribution in [2.24, 2.45) is 0 Å². The Morgan fingerprint density at radius 1 is 1.11 bits per heavy atom. The number of aromatic hydroxyl groups is 1. The average Bonchev–Trinajstić information content (AvgIpc) is 2.67. The van der Waals surface area contributed by atoms with Crippen molar-refractivity contribution in [3.63, 3.8) is 0 Å². The number of carboxylic acids is 1. The maximum atomic E-state index is 13.1. The summed E-state index contributed by atoms with van der Waals surface area (Å²) in [5.74, 6) is -1.36. The van der Waals surface area contributed by atoms with Crippen molar-refractivity contribution >= 4 is 60.1 Å². The van der Waals surface area contributed by atoms with Crippen LogP contribution in [0.15, 0.2) is 68.9 Å². The number of carboxylic acid groups (broad SMARTS) is 1. The molecule has 0 saturated heterocycles. The molecule has 0 atom stereocenters. The Bertz CT molecular complexity index is 1150. The van der Waals surface area contributed by atoms with Gasteiger partial charge in [-0.05, 0) is 30.3 Å². The molecule has 3 aromatic rings. The molecule has 3 aromatic carbocycles. The Kier molecular flexibility index (Phi) is 5.87. The monoisotopic (exact) mass is 481 g/mol. The fourth-order valence-electron chi connectivity index (χ4n) is 2.72. The number of hydrogen-bond donors (Lipinski definition) is 2. The van der Waals surface area contributed by atoms with E-state index in [1.165, 1.54) is 25.2 Å². The van der Waals surface area contributed by atoms with Crippen LogP contribution in [0.2, 0.25) is 0 Å². The minimum atomic E-state index is -3.86. The van der Waals surface area contributed by atoms with E-state index in [9.17, 15) is 18.3 Å². The Labute approximate surface area is 175 Å². The van der Waals surface area contributed by atoms with Crippen LogP contribution in [0.25, 0.3) is 10.8 Å². The highest BCUT2D eigenvalue weighted by atomic mass is 79.9. The summed E-state index contributed by atoms with van der Waals surface area (Å²) in [7, 11) is -2.42. The first-order valence-corrected chi connectivity index (χ1v) is 11.3. The number of benzene rings is 3. The number of rotatable bonds is 6. The predicted octanol–water partition coefficient (Wildman–Crippen LogP) is 4.31. The van der Waals surface area contributed by atoms with Crippen molar-refractivity contribution in [2.45, 2.75) is 9.79 Å². The maximum Gasteiger partial charge on any atom is 0.313 e. The molecule has 6 nitrogen and oxygen atoms in total. The molecule has 0 aromatic heterocycles. The Hall–Kier alpha value is -2.23. The Morgan fingerprint density at radius 3 is 2.32 bits per heavy atom. The van der Waals surface area contributed by atoms with Crippen LogP contribution < -0.4 is 4.31 Å². The zero-order chi connectivity index (χ0) is 20.5. The van der Waals surface area contributed by atoms with Crippen molar-refractivity contribution < 1.29 is 23.4 Å². The molecule has 0 amide bonds. The molecule has 0 aliphatic heterocycles. The number of carbonyl (C=O) groups is 1. The fourth-order valence-corrected chi connectivity index (χ4v) is 4.91. The molecular weight excluding hydrogens is 466 g/mol. The van der Waals surface area contributed by atoms with Crippen LogP contribution in [-0.2, 0) is 14.8 Å². The zero-order valence-electron chi connectivity index (χ0n) is 14.7. The Morgan fingerprint density at radius 2 is 1.71 bits per heavy atom. The largest absolute Gasteiger partial charge is 0.506 e. The van der Waals surface area contributed by atoms with E-state index in [0.717, 1.165) is 20.5 Å². The van der Waals surface area contributed by atoms with Crippen LogP contribution >= 0.6 is 27.7 Å². The van der Waals surface area contributed by atoms with Gasteiger partial charge in [0.2, 0.25) is 0 Å². The second kappa shape index (κ2) is 8.02. The van der Waals surface area contributed by atoms with E-state index in [-0.39, 0.29) is 16.4 Å². The second-order valence-electron chi connectivity index (χ2n) is 5.90. The number of thioether (sulfide) groups is 1. The third-order valence-corrected chi connectivity index (χ3v) is 7.45. The van der Waals surface area contributed by atoms with Crippen LogP contribution in [0.4, 0.5) is 5.69 Å². The topological polar surface area (TPSA) is 94.9 Å². The highest BCUT2D eigenvalue weighted by Crippen LogP contribution is 2.42. The number of sulfonamides is 1. The fraction of sp³-hybridized carbons (Fsp3) is 0.105. The van der Waals surface area contributed by atoms with E-state index < -0.39 is 16.0 Å². The van der Waals surface area contributed by atoms with Crippen molar-refractivity contribution in [2.75, 3.05) is 17.1 Å². The molecule has 0 aliphatic carbocycles. The molecule has 0 spiro atoms. The smallest absolute Gasteiger partial charge is 0.313 e. The summed E-state index contributed by atoms with van der Waals surface area (Å²) in [6.45, 7) is 0. The molecule has 146 valence electrons. The van der Waals surface area contributed by atoms with E-state index in [1.54, 1.807) is 36.4 Å². The standard InChI is InChI=1S/C19H16BrNO5S2/c1-21(28(25,26)13-8-6-12(20)7-9-13)16-10-17(27-11-18(22)23)19(24)15-5-3-2-4-14(15)16/h2-10,24H,11H2,1H3,(H,22,23). The number of nitrogens with zero attached hydrogens (tertiary/aromatic N) is 1. The molecule has 0 bridgehead atoms. The number of fused-ring (bicyclic) bond motifs is 1. The van der Waals surface area contributed by atoms with E-state index in [0.29, 0.717) is 21.4 Å². The van der Waals surface area contributed by atoms with Gasteiger partial charge in [0.05, 0.1) is 21.2 Å². The summed E-state index contributed by atoms with van der Waals surface area (Å²) in [6.07, 6.45) is 0. The summed E-state index contributed by atoms with van der Waals surface area (Å²) in [5, 5.41) is 20.5. The zero-order valence-corrected chi connectivity index (χ0v) is 17.9. The first-order chi connectivity index (χ1) is 13.2. The van der Waals surface area contributed by atoms with E-state index in [2.05, 4.69) is 15.9 Å². The van der Waals surface area contributed by atoms with Crippen LogP contribution in [0.1, 0.15) is 0 Å². The minimum absolute atomic E-state index is 0.0694. The number of anilines is 1. The van der Waals surface area contributed by atoms with Crippen molar-refractivity contribution in [1.82, 2.24) is 0 Å². The maximum absolute atomic E-state index is 13.1. The van der Waals surface area contributed by atoms with Gasteiger partial charge >= 0.3 is 5.97 Å². The van der Waals surface area contributed by atoms with Crippen molar-refractivity contribution in [3.05, 3.63) is 59.1 Å². The molecule has 3 rings (SSSR count). The third-order valence-electron chi connectivity index (χ3n) is 4.12. The molecule has 2 N–H and O–H groups in total. The van der Waals surface area contributed by atoms with E-state index in [4.69, 9.17) is 5.11 Å². The van der Waals surface area contributed by atoms with Gasteiger partial charge in [-0.2, -0.15) is 0 Å². The summed E-state index contributed by atoms with van der Waals surface area (Å²) < 4.78 is 28.1. The number of phenolic OH excluding ortho intramolecular Hbond substituents is 1. The number of hydrogen-bond acceptors (Lipinski definition) is 5. The lowest BCUT2D eigenvalue weighted by atomic mass is 10.1. The Balaban J connectivity index is 2.16. The van der Waals surface area contributed by atoms with Gasteiger partial charge in [-0.25, -0.2) is 8.42 Å². The summed E-state index contributed by atoms with van der Waals surface area (Å²) in [5.41, 5.74) is 0.351. The molecule has 0 heterocycles. The van der Waals surface area contributed by atoms with Crippen LogP contribution in [-0.4, -0.2) is 37.4 Å².